The Hall–Kier alpha value is -3.41. The maximum atomic E-state index is 12.9. The highest BCUT2D eigenvalue weighted by atomic mass is 16.4. The topological polar surface area (TPSA) is 74.9 Å². The number of amides is 1. The lowest BCUT2D eigenvalue weighted by molar-refractivity contribution is -0.140. The molecule has 0 bridgehead atoms. The molecule has 0 radical (unpaired) electrons. The van der Waals surface area contributed by atoms with Gasteiger partial charge < -0.3 is 10.0 Å². The molecule has 1 atom stereocenters. The number of likely N-dealkylation sites (tertiary alicyclic amines) is 1. The number of carbonyl (C=O) groups is 2. The van der Waals surface area contributed by atoms with Gasteiger partial charge in [0.15, 0.2) is 0 Å². The Morgan fingerprint density at radius 1 is 1.10 bits per heavy atom. The number of carbonyl (C=O) groups excluding carboxylic acids is 1. The molecule has 0 unspecified atom stereocenters. The Labute approximate surface area is 169 Å². The van der Waals surface area contributed by atoms with E-state index in [1.165, 1.54) is 0 Å². The summed E-state index contributed by atoms with van der Waals surface area (Å²) < 4.78 is 1.81. The fourth-order valence-corrected chi connectivity index (χ4v) is 3.95. The third-order valence-corrected chi connectivity index (χ3v) is 5.34. The number of benzene rings is 1. The summed E-state index contributed by atoms with van der Waals surface area (Å²) in [5.74, 6) is -1.02. The molecule has 0 saturated carbocycles. The first-order chi connectivity index (χ1) is 14.1. The van der Waals surface area contributed by atoms with Gasteiger partial charge in [-0.1, -0.05) is 36.4 Å². The Morgan fingerprint density at radius 3 is 2.69 bits per heavy atom. The Morgan fingerprint density at radius 2 is 1.90 bits per heavy atom. The van der Waals surface area contributed by atoms with Gasteiger partial charge in [-0.3, -0.25) is 9.59 Å². The van der Waals surface area contributed by atoms with Gasteiger partial charge in [0.25, 0.3) is 0 Å². The molecule has 0 spiro atoms. The quantitative estimate of drug-likeness (QED) is 0.672. The summed E-state index contributed by atoms with van der Waals surface area (Å²) in [5, 5.41) is 13.8. The number of nitrogens with zero attached hydrogens (tertiary/aromatic N) is 3. The van der Waals surface area contributed by atoms with Crippen LogP contribution in [0.2, 0.25) is 0 Å². The van der Waals surface area contributed by atoms with Crippen LogP contribution in [0.5, 0.6) is 0 Å². The van der Waals surface area contributed by atoms with Gasteiger partial charge in [0, 0.05) is 36.0 Å². The van der Waals surface area contributed by atoms with Crippen molar-refractivity contribution in [3.63, 3.8) is 0 Å². The summed E-state index contributed by atoms with van der Waals surface area (Å²) in [7, 11) is 0. The van der Waals surface area contributed by atoms with E-state index in [0.29, 0.717) is 6.54 Å². The van der Waals surface area contributed by atoms with Gasteiger partial charge in [0.1, 0.15) is 5.69 Å². The number of pyridine rings is 1. The molecule has 6 heteroatoms. The molecule has 1 aromatic carbocycles. The number of rotatable bonds is 5. The number of piperidine rings is 1. The summed E-state index contributed by atoms with van der Waals surface area (Å²) in [6.07, 6.45) is 7.83. The van der Waals surface area contributed by atoms with Crippen molar-refractivity contribution in [3.8, 4) is 11.3 Å². The smallest absolute Gasteiger partial charge is 0.305 e. The van der Waals surface area contributed by atoms with E-state index >= 15 is 0 Å². The van der Waals surface area contributed by atoms with Gasteiger partial charge in [0.2, 0.25) is 5.91 Å². The zero-order chi connectivity index (χ0) is 20.2. The zero-order valence-electron chi connectivity index (χ0n) is 16.1. The zero-order valence-corrected chi connectivity index (χ0v) is 16.1. The molecular formula is C23H23N3O3. The van der Waals surface area contributed by atoms with Crippen LogP contribution < -0.4 is 0 Å². The molecular weight excluding hydrogens is 366 g/mol. The molecule has 6 nitrogen and oxygen atoms in total. The van der Waals surface area contributed by atoms with Gasteiger partial charge in [-0.2, -0.15) is 5.10 Å². The Balaban J connectivity index is 1.67. The van der Waals surface area contributed by atoms with Crippen molar-refractivity contribution in [1.82, 2.24) is 14.5 Å². The average Bonchev–Trinajstić information content (AvgIpc) is 3.11. The monoisotopic (exact) mass is 389 g/mol. The minimum Gasteiger partial charge on any atom is -0.481 e. The predicted octanol–water partition coefficient (Wildman–Crippen LogP) is 3.87. The molecule has 1 saturated heterocycles. The molecule has 3 aromatic rings. The van der Waals surface area contributed by atoms with Crippen molar-refractivity contribution < 1.29 is 14.7 Å². The van der Waals surface area contributed by atoms with Crippen molar-refractivity contribution in [2.24, 2.45) is 0 Å². The van der Waals surface area contributed by atoms with Crippen LogP contribution in [0.25, 0.3) is 22.9 Å². The molecule has 1 fully saturated rings. The predicted molar refractivity (Wildman–Crippen MR) is 111 cm³/mol. The van der Waals surface area contributed by atoms with Gasteiger partial charge in [-0.25, -0.2) is 4.52 Å². The maximum absolute atomic E-state index is 12.9. The van der Waals surface area contributed by atoms with E-state index in [9.17, 15) is 9.59 Å². The second kappa shape index (κ2) is 8.31. The summed E-state index contributed by atoms with van der Waals surface area (Å²) in [5.41, 5.74) is 3.57. The van der Waals surface area contributed by atoms with Gasteiger partial charge in [0.05, 0.1) is 11.9 Å². The van der Waals surface area contributed by atoms with Gasteiger partial charge in [-0.15, -0.1) is 0 Å². The lowest BCUT2D eigenvalue weighted by atomic mass is 9.99. The van der Waals surface area contributed by atoms with E-state index in [-0.39, 0.29) is 18.4 Å². The van der Waals surface area contributed by atoms with Crippen molar-refractivity contribution in [2.45, 2.75) is 31.7 Å². The molecule has 148 valence electrons. The van der Waals surface area contributed by atoms with E-state index in [1.54, 1.807) is 21.6 Å². The SMILES string of the molecule is O=C(O)C[C@@H]1CCCCN1C(=O)C=Cc1c(-c2ccccc2)nn2ccccc12. The molecule has 2 aromatic heterocycles. The highest BCUT2D eigenvalue weighted by Crippen LogP contribution is 2.28. The third kappa shape index (κ3) is 4.06. The summed E-state index contributed by atoms with van der Waals surface area (Å²) in [6.45, 7) is 0.599. The first kappa shape index (κ1) is 18.9. The minimum atomic E-state index is -0.868. The number of carboxylic acid groups (broad SMARTS) is 1. The second-order valence-electron chi connectivity index (χ2n) is 7.27. The Kier molecular flexibility index (Phi) is 5.42. The van der Waals surface area contributed by atoms with E-state index in [0.717, 1.165) is 41.6 Å². The largest absolute Gasteiger partial charge is 0.481 e. The van der Waals surface area contributed by atoms with Crippen LogP contribution in [-0.4, -0.2) is 44.1 Å². The number of fused-ring (bicyclic) bond motifs is 1. The molecule has 1 aliphatic rings. The molecule has 0 aliphatic carbocycles. The molecule has 4 rings (SSSR count). The van der Waals surface area contributed by atoms with Gasteiger partial charge in [-0.05, 0) is 37.5 Å². The van der Waals surface area contributed by atoms with E-state index < -0.39 is 5.97 Å². The fourth-order valence-electron chi connectivity index (χ4n) is 3.95. The number of hydrogen-bond acceptors (Lipinski definition) is 3. The lowest BCUT2D eigenvalue weighted by Gasteiger charge is -2.34. The van der Waals surface area contributed by atoms with Crippen LogP contribution >= 0.6 is 0 Å². The number of aliphatic carboxylic acids is 1. The van der Waals surface area contributed by atoms with Crippen molar-refractivity contribution >= 4 is 23.5 Å². The molecule has 3 heterocycles. The molecule has 1 aliphatic heterocycles. The lowest BCUT2D eigenvalue weighted by Crippen LogP contribution is -2.44. The first-order valence-electron chi connectivity index (χ1n) is 9.87. The standard InChI is InChI=1S/C23H23N3O3/c27-21(25-14-6-4-10-18(25)16-22(28)29)13-12-19-20-11-5-7-15-26(20)24-23(19)17-8-2-1-3-9-17/h1-3,5,7-9,11-13,15,18H,4,6,10,14,16H2,(H,28,29)/t18-/m0/s1. The number of carboxylic acids is 1. The maximum Gasteiger partial charge on any atom is 0.305 e. The van der Waals surface area contributed by atoms with Crippen LogP contribution in [0.1, 0.15) is 31.2 Å². The normalized spacial score (nSPS) is 17.1. The summed E-state index contributed by atoms with van der Waals surface area (Å²) in [6, 6.07) is 15.5. The highest BCUT2D eigenvalue weighted by Gasteiger charge is 2.27. The highest BCUT2D eigenvalue weighted by molar-refractivity contribution is 5.95. The molecule has 1 N–H and O–H groups in total. The van der Waals surface area contributed by atoms with Gasteiger partial charge >= 0.3 is 5.97 Å². The van der Waals surface area contributed by atoms with E-state index in [1.807, 2.05) is 54.7 Å². The Bertz CT molecular complexity index is 1060. The van der Waals surface area contributed by atoms with Crippen LogP contribution in [0.4, 0.5) is 0 Å². The van der Waals surface area contributed by atoms with Crippen LogP contribution in [0.3, 0.4) is 0 Å². The van der Waals surface area contributed by atoms with Crippen LogP contribution in [0.15, 0.2) is 60.8 Å². The van der Waals surface area contributed by atoms with Crippen molar-refractivity contribution in [3.05, 3.63) is 66.4 Å². The van der Waals surface area contributed by atoms with Crippen LogP contribution in [-0.2, 0) is 9.59 Å². The minimum absolute atomic E-state index is 0.00837. The number of aromatic nitrogens is 2. The summed E-state index contributed by atoms with van der Waals surface area (Å²) >= 11 is 0. The van der Waals surface area contributed by atoms with E-state index in [2.05, 4.69) is 0 Å². The first-order valence-corrected chi connectivity index (χ1v) is 9.87. The molecule has 1 amide bonds. The number of hydrogen-bond donors (Lipinski definition) is 1. The van der Waals surface area contributed by atoms with Crippen molar-refractivity contribution in [1.29, 1.82) is 0 Å². The fraction of sp³-hybridized carbons (Fsp3) is 0.261. The summed E-state index contributed by atoms with van der Waals surface area (Å²) in [4.78, 5) is 25.7. The van der Waals surface area contributed by atoms with Crippen molar-refractivity contribution in [2.75, 3.05) is 6.54 Å². The van der Waals surface area contributed by atoms with E-state index in [4.69, 9.17) is 10.2 Å². The second-order valence-corrected chi connectivity index (χ2v) is 7.27. The van der Waals surface area contributed by atoms with Crippen LogP contribution in [0, 0.1) is 0 Å². The molecule has 29 heavy (non-hydrogen) atoms. The third-order valence-electron chi connectivity index (χ3n) is 5.34. The average molecular weight is 389 g/mol.